The van der Waals surface area contributed by atoms with Crippen LogP contribution in [0.4, 0.5) is 28.6 Å². The quantitative estimate of drug-likeness (QED) is 0.0854. The lowest BCUT2D eigenvalue weighted by Crippen LogP contribution is -2.59. The van der Waals surface area contributed by atoms with Crippen molar-refractivity contribution in [2.45, 2.75) is 59.8 Å². The predicted octanol–water partition coefficient (Wildman–Crippen LogP) is 16.5. The Kier molecular flexibility index (Phi) is 19.0. The van der Waals surface area contributed by atoms with Crippen LogP contribution in [-0.2, 0) is 22.3 Å². The highest BCUT2D eigenvalue weighted by molar-refractivity contribution is 7.19. The van der Waals surface area contributed by atoms with Crippen LogP contribution in [0.15, 0.2) is 182 Å². The predicted molar refractivity (Wildman–Crippen MR) is 409 cm³/mol. The Bertz CT molecular complexity index is 5070. The molecule has 0 atom stereocenters. The molecule has 0 bridgehead atoms. The van der Waals surface area contributed by atoms with Gasteiger partial charge in [-0.25, -0.2) is 19.9 Å². The maximum atomic E-state index is 14.1. The number of fused-ring (bicyclic) bond motifs is 8. The van der Waals surface area contributed by atoms with E-state index in [1.165, 1.54) is 37.1 Å². The van der Waals surface area contributed by atoms with Gasteiger partial charge in [0.1, 0.15) is 22.6 Å². The third-order valence-corrected chi connectivity index (χ3v) is 22.9. The molecule has 4 amide bonds. The second kappa shape index (κ2) is 28.7. The highest BCUT2D eigenvalue weighted by Crippen LogP contribution is 2.47. The Morgan fingerprint density at radius 3 is 1.41 bits per heavy atom. The van der Waals surface area contributed by atoms with Crippen LogP contribution in [0.25, 0.3) is 64.4 Å². The fourth-order valence-corrected chi connectivity index (χ4v) is 17.1. The smallest absolute Gasteiger partial charge is 0.259 e. The number of imidazole rings is 2. The van der Waals surface area contributed by atoms with Gasteiger partial charge in [0.15, 0.2) is 0 Å². The number of rotatable bonds is 9. The number of hydrogen-bond donors (Lipinski definition) is 5. The average molecular weight is 1410 g/mol. The Labute approximate surface area is 604 Å². The van der Waals surface area contributed by atoms with Crippen LogP contribution in [0.2, 0.25) is 5.15 Å². The number of nitrogens with one attached hydrogen (secondary N) is 5. The van der Waals surface area contributed by atoms with E-state index in [4.69, 9.17) is 36.0 Å². The molecule has 0 radical (unpaired) electrons. The molecular formula is C81H77ClN12O6S2. The van der Waals surface area contributed by atoms with E-state index in [1.807, 2.05) is 121 Å². The summed E-state index contributed by atoms with van der Waals surface area (Å²) in [4.78, 5) is 90.0. The van der Waals surface area contributed by atoms with Crippen molar-refractivity contribution < 1.29 is 28.7 Å². The topological polar surface area (TPSA) is 216 Å². The van der Waals surface area contributed by atoms with Crippen LogP contribution in [0, 0.1) is 24.7 Å². The van der Waals surface area contributed by atoms with Crippen LogP contribution in [0.1, 0.15) is 97.1 Å². The number of carbonyl (C=O) groups excluding carboxylic acids is 4. The molecule has 0 saturated carbocycles. The Balaban J connectivity index is 0.000000147. The Morgan fingerprint density at radius 2 is 0.951 bits per heavy atom. The first kappa shape index (κ1) is 67.6. The number of aryl methyl sites for hydroxylation is 2. The van der Waals surface area contributed by atoms with E-state index in [9.17, 15) is 19.2 Å². The lowest BCUT2D eigenvalue weighted by Gasteiger charge is -2.53. The van der Waals surface area contributed by atoms with Crippen molar-refractivity contribution in [2.75, 3.05) is 91.0 Å². The molecule has 6 aliphatic rings. The van der Waals surface area contributed by atoms with Gasteiger partial charge in [-0.3, -0.25) is 19.2 Å². The SMILES string of the molecule is C.C1CC2(CCO1)CNC2.Cc1ccc(C(=O)Nc2ccc(C(=O)N3CCc4cc(-c5nc6ccccc6[nH]5)sc4-c4ccccc43)cc2)c(Cl)n1.Cc1ccc(C(=O)Nc2ccc(C(=O)N3CCc4cc(-c5nc6ccccc6[nH]5)sc4-c4ccccc43)cc2)c(N2CC3(CCOCC3)C2)n1. The number of anilines is 5. The summed E-state index contributed by atoms with van der Waals surface area (Å²) in [6, 6.07) is 57.8. The summed E-state index contributed by atoms with van der Waals surface area (Å²) >= 11 is 9.55. The van der Waals surface area contributed by atoms with Crippen molar-refractivity contribution in [3.8, 4) is 42.3 Å². The van der Waals surface area contributed by atoms with E-state index in [-0.39, 0.29) is 41.6 Å². The van der Waals surface area contributed by atoms with Gasteiger partial charge in [0.25, 0.3) is 23.6 Å². The number of nitrogens with zero attached hydrogens (tertiary/aromatic N) is 7. The van der Waals surface area contributed by atoms with Gasteiger partial charge < -0.3 is 50.1 Å². The van der Waals surface area contributed by atoms with E-state index in [2.05, 4.69) is 60.1 Å². The molecule has 21 heteroatoms. The van der Waals surface area contributed by atoms with Crippen molar-refractivity contribution in [1.29, 1.82) is 0 Å². The molecule has 18 nitrogen and oxygen atoms in total. The number of amides is 4. The number of aromatic amines is 2. The van der Waals surface area contributed by atoms with Gasteiger partial charge in [0.05, 0.1) is 54.3 Å². The van der Waals surface area contributed by atoms with Crippen LogP contribution in [0.5, 0.6) is 0 Å². The molecule has 516 valence electrons. The molecule has 4 fully saturated rings. The van der Waals surface area contributed by atoms with Crippen molar-refractivity contribution in [3.63, 3.8) is 0 Å². The van der Waals surface area contributed by atoms with E-state index in [0.717, 1.165) is 152 Å². The molecule has 2 spiro atoms. The summed E-state index contributed by atoms with van der Waals surface area (Å²) in [6.07, 6.45) is 6.08. The normalized spacial score (nSPS) is 16.0. The summed E-state index contributed by atoms with van der Waals surface area (Å²) in [6.45, 7) is 12.7. The molecule has 4 saturated heterocycles. The largest absolute Gasteiger partial charge is 0.381 e. The van der Waals surface area contributed by atoms with E-state index < -0.39 is 0 Å². The zero-order valence-corrected chi connectivity index (χ0v) is 58.3. The van der Waals surface area contributed by atoms with Crippen molar-refractivity contribution in [1.82, 2.24) is 35.2 Å². The molecule has 6 aliphatic heterocycles. The van der Waals surface area contributed by atoms with Crippen LogP contribution in [-0.4, -0.2) is 119 Å². The molecule has 102 heavy (non-hydrogen) atoms. The zero-order valence-electron chi connectivity index (χ0n) is 55.9. The first-order chi connectivity index (χ1) is 49.3. The van der Waals surface area contributed by atoms with Crippen molar-refractivity contribution >= 4 is 109 Å². The van der Waals surface area contributed by atoms with Gasteiger partial charge in [-0.2, -0.15) is 0 Å². The molecule has 12 heterocycles. The van der Waals surface area contributed by atoms with E-state index >= 15 is 0 Å². The van der Waals surface area contributed by atoms with E-state index in [1.54, 1.807) is 83.3 Å². The number of benzene rings is 6. The van der Waals surface area contributed by atoms with Gasteiger partial charge in [-0.1, -0.05) is 79.7 Å². The number of halogens is 1. The highest BCUT2D eigenvalue weighted by Gasteiger charge is 2.45. The molecule has 5 N–H and O–H groups in total. The fourth-order valence-electron chi connectivity index (χ4n) is 14.4. The minimum absolute atomic E-state index is 0. The average Bonchev–Trinajstić information content (AvgIpc) is 1.20. The number of para-hydroxylation sites is 6. The van der Waals surface area contributed by atoms with Gasteiger partial charge in [0, 0.05) is 126 Å². The Hall–Kier alpha value is -10.2. The molecule has 12 aromatic rings. The minimum Gasteiger partial charge on any atom is -0.381 e. The standard InChI is InChI=1S/C40H36N6O3S.C33H24ClN5O2S.C7H13NO.CH4/c1-25-10-15-30(37(41-25)45-23-40(24-45)17-20-49-21-18-40)38(47)42-28-13-11-26(12-14-28)39(48)46-19-16-27-22-34(36-43-31-7-3-4-8-32(31)44-36)50-35(27)29-6-2-5-9-33(29)46;1-19-10-15-24(30(34)35-19)32(40)36-22-13-11-20(12-14-22)33(41)39-17-16-21-18-28(31-37-25-7-3-4-8-26(25)38-31)42-29(21)23-6-2-5-9-27(23)39;1-3-9-4-2-7(1)5-8-6-7;/h2-15,22H,16-21,23-24H2,1H3,(H,42,47)(H,43,44);2-15,18H,16-17H2,1H3,(H,36,40)(H,37,38);8H,1-6H2;1H4. The Morgan fingerprint density at radius 1 is 0.510 bits per heavy atom. The molecule has 0 unspecified atom stereocenters. The van der Waals surface area contributed by atoms with Crippen molar-refractivity contribution in [2.24, 2.45) is 10.8 Å². The number of aromatic nitrogens is 6. The number of ether oxygens (including phenoxy) is 2. The van der Waals surface area contributed by atoms with Gasteiger partial charge in [0.2, 0.25) is 0 Å². The number of pyridine rings is 2. The van der Waals surface area contributed by atoms with E-state index in [0.29, 0.717) is 58.6 Å². The molecule has 6 aromatic heterocycles. The number of thiophene rings is 2. The van der Waals surface area contributed by atoms with Gasteiger partial charge in [-0.15, -0.1) is 22.7 Å². The summed E-state index contributed by atoms with van der Waals surface area (Å²) in [5, 5.41) is 9.34. The van der Waals surface area contributed by atoms with Crippen molar-refractivity contribution in [3.05, 3.63) is 232 Å². The zero-order chi connectivity index (χ0) is 68.8. The number of carbonyl (C=O) groups is 4. The number of hydrogen-bond acceptors (Lipinski definition) is 14. The second-order valence-electron chi connectivity index (χ2n) is 26.9. The molecule has 18 rings (SSSR count). The maximum Gasteiger partial charge on any atom is 0.259 e. The van der Waals surface area contributed by atoms with Gasteiger partial charge >= 0.3 is 0 Å². The fraction of sp³-hybridized carbons (Fsp3) is 0.259. The van der Waals surface area contributed by atoms with Crippen LogP contribution >= 0.6 is 34.3 Å². The van der Waals surface area contributed by atoms with Crippen LogP contribution < -0.4 is 30.7 Å². The summed E-state index contributed by atoms with van der Waals surface area (Å²) in [7, 11) is 0. The van der Waals surface area contributed by atoms with Gasteiger partial charge in [-0.05, 0) is 190 Å². The lowest BCUT2D eigenvalue weighted by molar-refractivity contribution is -0.0130. The van der Waals surface area contributed by atoms with Crippen LogP contribution in [0.3, 0.4) is 0 Å². The number of H-pyrrole nitrogens is 2. The third kappa shape index (κ3) is 13.6. The molecule has 0 aliphatic carbocycles. The first-order valence-electron chi connectivity index (χ1n) is 34.3. The second-order valence-corrected chi connectivity index (χ2v) is 29.4. The lowest BCUT2D eigenvalue weighted by atomic mass is 9.73. The maximum absolute atomic E-state index is 14.1. The third-order valence-electron chi connectivity index (χ3n) is 20.2. The first-order valence-corrected chi connectivity index (χ1v) is 36.3. The summed E-state index contributed by atoms with van der Waals surface area (Å²) < 4.78 is 10.9. The molecule has 6 aromatic carbocycles. The monoisotopic (exact) mass is 1410 g/mol. The summed E-state index contributed by atoms with van der Waals surface area (Å²) in [5.41, 5.74) is 15.8. The minimum atomic E-state index is -0.360. The summed E-state index contributed by atoms with van der Waals surface area (Å²) in [5.74, 6) is 1.69. The molecular weight excluding hydrogens is 1340 g/mol. The highest BCUT2D eigenvalue weighted by atomic mass is 35.5.